The summed E-state index contributed by atoms with van der Waals surface area (Å²) in [5.74, 6) is 0. The minimum Gasteiger partial charge on any atom is -0.456 e. The molecule has 0 aliphatic heterocycles. The first-order valence-electron chi connectivity index (χ1n) is 44.2. The van der Waals surface area contributed by atoms with Gasteiger partial charge in [0.05, 0.1) is 0 Å². The maximum absolute atomic E-state index is 6.55. The van der Waals surface area contributed by atoms with E-state index in [0.29, 0.717) is 0 Å². The average molecular weight is 1620 g/mol. The molecule has 27 rings (SSSR count). The van der Waals surface area contributed by atoms with Gasteiger partial charge in [-0.1, -0.05) is 331 Å². The second-order valence-corrected chi connectivity index (χ2v) is 36.0. The van der Waals surface area contributed by atoms with E-state index in [4.69, 9.17) is 13.3 Å². The second-order valence-electron chi connectivity index (χ2n) is 36.0. The van der Waals surface area contributed by atoms with Crippen LogP contribution in [0.3, 0.4) is 0 Å². The van der Waals surface area contributed by atoms with Crippen LogP contribution in [-0.4, -0.2) is 0 Å². The molecule has 594 valence electrons. The summed E-state index contributed by atoms with van der Waals surface area (Å²) < 4.78 is 19.2. The van der Waals surface area contributed by atoms with Crippen LogP contribution >= 0.6 is 0 Å². The van der Waals surface area contributed by atoms with Crippen LogP contribution in [0.2, 0.25) is 0 Å². The molecule has 0 saturated carbocycles. The molecule has 3 aromatic heterocycles. The maximum atomic E-state index is 6.55. The Balaban J connectivity index is 0.000000135. The Morgan fingerprint density at radius 3 is 0.843 bits per heavy atom. The molecular weight excluding hydrogens is 1540 g/mol. The molecular formula is C124H80O3. The van der Waals surface area contributed by atoms with Crippen LogP contribution in [0.1, 0.15) is 49.9 Å². The fraction of sp³-hybridized carbons (Fsp3) is 0.0484. The number of hydrogen-bond donors (Lipinski definition) is 0. The van der Waals surface area contributed by atoms with Gasteiger partial charge in [0.15, 0.2) is 0 Å². The molecule has 0 amide bonds. The van der Waals surface area contributed by atoms with E-state index in [1.807, 2.05) is 12.1 Å². The van der Waals surface area contributed by atoms with E-state index >= 15 is 0 Å². The Labute approximate surface area is 733 Å². The third-order valence-electron chi connectivity index (χ3n) is 28.3. The fourth-order valence-electron chi connectivity index (χ4n) is 22.0. The highest BCUT2D eigenvalue weighted by molar-refractivity contribution is 6.25. The predicted octanol–water partition coefficient (Wildman–Crippen LogP) is 35.1. The Bertz CT molecular complexity index is 8910. The van der Waals surface area contributed by atoms with Crippen LogP contribution in [-0.2, 0) is 10.8 Å². The summed E-state index contributed by atoms with van der Waals surface area (Å²) in [5, 5.41) is 24.3. The van der Waals surface area contributed by atoms with Crippen LogP contribution in [0.15, 0.2) is 426 Å². The molecule has 0 N–H and O–H groups in total. The topological polar surface area (TPSA) is 39.4 Å². The molecule has 0 fully saturated rings. The van der Waals surface area contributed by atoms with Crippen LogP contribution in [0, 0.1) is 0 Å². The molecule has 0 radical (unpaired) electrons. The highest BCUT2D eigenvalue weighted by Gasteiger charge is 2.38. The number of hydrogen-bond acceptors (Lipinski definition) is 3. The Hall–Kier alpha value is -15.9. The Kier molecular flexibility index (Phi) is 15.9. The van der Waals surface area contributed by atoms with Crippen molar-refractivity contribution in [3.8, 4) is 111 Å². The monoisotopic (exact) mass is 1620 g/mol. The fourth-order valence-corrected chi connectivity index (χ4v) is 22.0. The predicted molar refractivity (Wildman–Crippen MR) is 536 cm³/mol. The first kappa shape index (κ1) is 72.7. The Morgan fingerprint density at radius 2 is 0.409 bits per heavy atom. The van der Waals surface area contributed by atoms with Crippen molar-refractivity contribution in [3.63, 3.8) is 0 Å². The molecule has 3 heteroatoms. The molecule has 22 aromatic carbocycles. The Morgan fingerprint density at radius 1 is 0.142 bits per heavy atom. The van der Waals surface area contributed by atoms with Crippen molar-refractivity contribution in [2.45, 2.75) is 38.5 Å². The molecule has 127 heavy (non-hydrogen) atoms. The number of para-hydroxylation sites is 1. The first-order chi connectivity index (χ1) is 62.4. The van der Waals surface area contributed by atoms with Gasteiger partial charge in [0.2, 0.25) is 0 Å². The molecule has 0 unspecified atom stereocenters. The largest absolute Gasteiger partial charge is 0.456 e. The van der Waals surface area contributed by atoms with E-state index in [1.54, 1.807) is 0 Å². The average Bonchev–Trinajstić information content (AvgIpc) is 1.34. The first-order valence-corrected chi connectivity index (χ1v) is 44.2. The van der Waals surface area contributed by atoms with Gasteiger partial charge in [-0.25, -0.2) is 0 Å². The van der Waals surface area contributed by atoms with E-state index in [-0.39, 0.29) is 10.8 Å². The van der Waals surface area contributed by atoms with Gasteiger partial charge in [-0.15, -0.1) is 0 Å². The summed E-state index contributed by atoms with van der Waals surface area (Å²) in [5.41, 5.74) is 35.5. The van der Waals surface area contributed by atoms with Gasteiger partial charge >= 0.3 is 0 Å². The third kappa shape index (κ3) is 11.3. The summed E-state index contributed by atoms with van der Waals surface area (Å²) in [6.07, 6.45) is 0. The SMILES string of the molecule is CC1(C)c2ccc(-c3ccc4oc5ccc(-c6c7ccccc7c(-c7ccc(-c8ccc9oc%10ccccc%10c9c8)cc7)c7ccccc67)cc5c4c3)cc2-c2cc3ccccc3cc21.CC1(C)c2ccc(-c3ccc4oc5ccc(-c6c7ccccc7c(-c7cccc(-c8cccc9ccccc89)c7)c7ccccc67)cc5c4c3)cc2-c2cc3ccccc3cc21. The minimum absolute atomic E-state index is 0.0670. The van der Waals surface area contributed by atoms with E-state index in [2.05, 4.69) is 428 Å². The third-order valence-corrected chi connectivity index (χ3v) is 28.3. The number of fused-ring (bicyclic) bond motifs is 22. The van der Waals surface area contributed by atoms with Crippen molar-refractivity contribution in [2.24, 2.45) is 0 Å². The van der Waals surface area contributed by atoms with Gasteiger partial charge < -0.3 is 13.3 Å². The number of rotatable bonds is 8. The van der Waals surface area contributed by atoms with Crippen LogP contribution in [0.25, 0.3) is 252 Å². The lowest BCUT2D eigenvalue weighted by Crippen LogP contribution is -2.14. The number of furan rings is 3. The van der Waals surface area contributed by atoms with Crippen molar-refractivity contribution in [2.75, 3.05) is 0 Å². The van der Waals surface area contributed by atoms with Crippen molar-refractivity contribution in [3.05, 3.63) is 435 Å². The summed E-state index contributed by atoms with van der Waals surface area (Å²) >= 11 is 0. The van der Waals surface area contributed by atoms with Crippen molar-refractivity contribution in [1.29, 1.82) is 0 Å². The summed E-state index contributed by atoms with van der Waals surface area (Å²) in [6.45, 7) is 9.43. The normalized spacial score (nSPS) is 13.2. The minimum atomic E-state index is -0.0705. The van der Waals surface area contributed by atoms with Crippen LogP contribution in [0.4, 0.5) is 0 Å². The molecule has 25 aromatic rings. The van der Waals surface area contributed by atoms with Gasteiger partial charge in [-0.2, -0.15) is 0 Å². The van der Waals surface area contributed by atoms with E-state index in [9.17, 15) is 0 Å². The highest BCUT2D eigenvalue weighted by atomic mass is 16.3. The van der Waals surface area contributed by atoms with Gasteiger partial charge in [0, 0.05) is 43.1 Å². The second kappa shape index (κ2) is 27.8. The standard InChI is InChI=1S/C63H40O2.C61H40O/c1-63(2)55-27-23-42(32-50(55)51-31-39-11-3-4-12-40(39)36-56(51)63)43-25-29-59-53(34-43)54-35-44(26-30-60(54)65-59)62-48-16-7-5-14-46(48)61(47-15-6-8-17-49(47)62)38-21-19-37(20-22-38)41-24-28-58-52(33-41)45-13-9-10-18-57(45)64-58;1-61(2)55-28-25-40(33-51(55)52-32-38-14-3-4-15-39(38)36-56(52)61)41-26-29-57-53(34-41)54-35-44(27-30-58(54)62-57)60-49-22-9-7-20-47(49)59(48-21-8-10-23-50(48)60)43-18-11-17-42(31-43)46-24-12-16-37-13-5-6-19-45(37)46/h3-36H,1-2H3;3-36H,1-2H3. The van der Waals surface area contributed by atoms with Crippen molar-refractivity contribution >= 4 is 141 Å². The molecule has 2 aliphatic carbocycles. The molecule has 3 nitrogen and oxygen atoms in total. The van der Waals surface area contributed by atoms with Crippen LogP contribution < -0.4 is 0 Å². The van der Waals surface area contributed by atoms with Crippen LogP contribution in [0.5, 0.6) is 0 Å². The summed E-state index contributed by atoms with van der Waals surface area (Å²) in [6, 6.07) is 152. The maximum Gasteiger partial charge on any atom is 0.135 e. The molecule has 0 saturated heterocycles. The lowest BCUT2D eigenvalue weighted by molar-refractivity contribution is 0.661. The zero-order chi connectivity index (χ0) is 84.1. The van der Waals surface area contributed by atoms with Gasteiger partial charge in [0.1, 0.15) is 33.5 Å². The molecule has 2 aliphatic rings. The lowest BCUT2D eigenvalue weighted by atomic mass is 9.81. The highest BCUT2D eigenvalue weighted by Crippen LogP contribution is 2.55. The zero-order valence-corrected chi connectivity index (χ0v) is 70.5. The quantitative estimate of drug-likeness (QED) is 0.142. The van der Waals surface area contributed by atoms with Gasteiger partial charge in [-0.3, -0.25) is 0 Å². The van der Waals surface area contributed by atoms with Crippen molar-refractivity contribution < 1.29 is 13.3 Å². The van der Waals surface area contributed by atoms with E-state index < -0.39 is 0 Å². The summed E-state index contributed by atoms with van der Waals surface area (Å²) in [4.78, 5) is 0. The molecule has 0 atom stereocenters. The number of benzene rings is 22. The smallest absolute Gasteiger partial charge is 0.135 e. The van der Waals surface area contributed by atoms with E-state index in [0.717, 1.165) is 65.8 Å². The van der Waals surface area contributed by atoms with E-state index in [1.165, 1.54) is 209 Å². The van der Waals surface area contributed by atoms with Crippen molar-refractivity contribution in [1.82, 2.24) is 0 Å². The van der Waals surface area contributed by atoms with Gasteiger partial charge in [-0.05, 0) is 318 Å². The molecule has 3 heterocycles. The lowest BCUT2D eigenvalue weighted by Gasteiger charge is -2.22. The molecule has 0 spiro atoms. The zero-order valence-electron chi connectivity index (χ0n) is 70.5. The molecule has 0 bridgehead atoms. The van der Waals surface area contributed by atoms with Gasteiger partial charge in [0.25, 0.3) is 0 Å². The summed E-state index contributed by atoms with van der Waals surface area (Å²) in [7, 11) is 0.